The first-order valence-electron chi connectivity index (χ1n) is 7.23. The van der Waals surface area contributed by atoms with Gasteiger partial charge < -0.3 is 9.97 Å². The number of rotatable bonds is 5. The first-order valence-corrected chi connectivity index (χ1v) is 7.60. The number of hydrogen-bond donors (Lipinski definition) is 2. The normalized spacial score (nSPS) is 15.5. The summed E-state index contributed by atoms with van der Waals surface area (Å²) in [5.41, 5.74) is 3.44. The minimum absolute atomic E-state index is 0.617. The van der Waals surface area contributed by atoms with E-state index >= 15 is 0 Å². The van der Waals surface area contributed by atoms with Gasteiger partial charge in [-0.2, -0.15) is 0 Å². The van der Waals surface area contributed by atoms with Gasteiger partial charge in [0.15, 0.2) is 5.15 Å². The molecule has 2 N–H and O–H groups in total. The monoisotopic (exact) mass is 293 g/mol. The Balaban J connectivity index is 1.65. The van der Waals surface area contributed by atoms with Crippen LogP contribution in [0.4, 0.5) is 0 Å². The van der Waals surface area contributed by atoms with Crippen molar-refractivity contribution in [2.45, 2.75) is 45.7 Å². The molecule has 3 heterocycles. The number of aryl methyl sites for hydroxylation is 1. The average molecular weight is 294 g/mol. The number of H-pyrrole nitrogens is 2. The molecule has 6 heteroatoms. The van der Waals surface area contributed by atoms with E-state index in [0.717, 1.165) is 50.4 Å². The molecule has 108 valence electrons. The number of aromatic amines is 2. The van der Waals surface area contributed by atoms with Crippen molar-refractivity contribution in [3.05, 3.63) is 34.4 Å². The van der Waals surface area contributed by atoms with Crippen LogP contribution in [-0.2, 0) is 25.9 Å². The Morgan fingerprint density at radius 2 is 2.35 bits per heavy atom. The van der Waals surface area contributed by atoms with E-state index in [1.54, 1.807) is 6.33 Å². The Kier molecular flexibility index (Phi) is 4.08. The second-order valence-corrected chi connectivity index (χ2v) is 5.70. The van der Waals surface area contributed by atoms with Crippen molar-refractivity contribution < 1.29 is 0 Å². The van der Waals surface area contributed by atoms with Crippen LogP contribution in [0.15, 0.2) is 6.33 Å². The zero-order valence-corrected chi connectivity index (χ0v) is 12.5. The lowest BCUT2D eigenvalue weighted by molar-refractivity contribution is 0.239. The van der Waals surface area contributed by atoms with E-state index < -0.39 is 0 Å². The lowest BCUT2D eigenvalue weighted by Crippen LogP contribution is -2.30. The molecule has 1 aliphatic heterocycles. The van der Waals surface area contributed by atoms with Gasteiger partial charge in [0.05, 0.1) is 23.4 Å². The van der Waals surface area contributed by atoms with Crippen molar-refractivity contribution >= 4 is 11.6 Å². The molecule has 0 aliphatic carbocycles. The molecule has 0 amide bonds. The number of halogens is 1. The lowest BCUT2D eigenvalue weighted by Gasteiger charge is -2.25. The van der Waals surface area contributed by atoms with Gasteiger partial charge in [0.25, 0.3) is 0 Å². The van der Waals surface area contributed by atoms with Crippen LogP contribution in [0.3, 0.4) is 0 Å². The molecule has 2 aromatic rings. The Labute approximate surface area is 123 Å². The van der Waals surface area contributed by atoms with Crippen molar-refractivity contribution in [3.63, 3.8) is 0 Å². The summed E-state index contributed by atoms with van der Waals surface area (Å²) in [5, 5.41) is 0.617. The highest BCUT2D eigenvalue weighted by Crippen LogP contribution is 2.20. The maximum absolute atomic E-state index is 6.23. The molecular formula is C14H20ClN5. The van der Waals surface area contributed by atoms with Crippen molar-refractivity contribution in [2.24, 2.45) is 0 Å². The summed E-state index contributed by atoms with van der Waals surface area (Å²) in [7, 11) is 0. The molecule has 0 fully saturated rings. The Bertz CT molecular complexity index is 574. The van der Waals surface area contributed by atoms with Crippen LogP contribution >= 0.6 is 11.6 Å². The van der Waals surface area contributed by atoms with Gasteiger partial charge in [-0.15, -0.1) is 0 Å². The predicted molar refractivity (Wildman–Crippen MR) is 78.6 cm³/mol. The van der Waals surface area contributed by atoms with Crippen molar-refractivity contribution in [1.82, 2.24) is 24.8 Å². The lowest BCUT2D eigenvalue weighted by atomic mass is 10.1. The second kappa shape index (κ2) is 5.97. The number of fused-ring (bicyclic) bond motifs is 1. The molecule has 0 atom stereocenters. The van der Waals surface area contributed by atoms with Crippen LogP contribution in [0, 0.1) is 0 Å². The topological polar surface area (TPSA) is 60.6 Å². The van der Waals surface area contributed by atoms with Crippen molar-refractivity contribution in [2.75, 3.05) is 6.54 Å². The molecule has 0 spiro atoms. The fourth-order valence-corrected chi connectivity index (χ4v) is 2.84. The largest absolute Gasteiger partial charge is 0.347 e. The van der Waals surface area contributed by atoms with Gasteiger partial charge >= 0.3 is 0 Å². The highest BCUT2D eigenvalue weighted by atomic mass is 35.5. The molecule has 1 aliphatic rings. The molecule has 3 rings (SSSR count). The molecule has 0 aromatic carbocycles. The summed E-state index contributed by atoms with van der Waals surface area (Å²) >= 11 is 6.23. The highest BCUT2D eigenvalue weighted by molar-refractivity contribution is 6.30. The molecule has 2 aromatic heterocycles. The third kappa shape index (κ3) is 2.88. The third-order valence-corrected chi connectivity index (χ3v) is 4.09. The zero-order valence-electron chi connectivity index (χ0n) is 11.7. The summed E-state index contributed by atoms with van der Waals surface area (Å²) in [5.74, 6) is 1.01. The van der Waals surface area contributed by atoms with Gasteiger partial charge in [-0.3, -0.25) is 4.90 Å². The molecule has 5 nitrogen and oxygen atoms in total. The molecule has 0 unspecified atom stereocenters. The van der Waals surface area contributed by atoms with E-state index in [-0.39, 0.29) is 0 Å². The average Bonchev–Trinajstić information content (AvgIpc) is 3.03. The highest BCUT2D eigenvalue weighted by Gasteiger charge is 2.20. The number of unbranched alkanes of at least 4 members (excludes halogenated alkanes) is 1. The van der Waals surface area contributed by atoms with Crippen LogP contribution in [0.5, 0.6) is 0 Å². The maximum atomic E-state index is 6.23. The third-order valence-electron chi connectivity index (χ3n) is 3.78. The van der Waals surface area contributed by atoms with E-state index in [9.17, 15) is 0 Å². The van der Waals surface area contributed by atoms with E-state index in [1.807, 2.05) is 0 Å². The summed E-state index contributed by atoms with van der Waals surface area (Å²) in [4.78, 5) is 17.7. The number of hydrogen-bond acceptors (Lipinski definition) is 3. The van der Waals surface area contributed by atoms with Gasteiger partial charge in [-0.05, 0) is 6.42 Å². The van der Waals surface area contributed by atoms with Gasteiger partial charge in [0.2, 0.25) is 0 Å². The van der Waals surface area contributed by atoms with Gasteiger partial charge in [-0.1, -0.05) is 24.9 Å². The Morgan fingerprint density at radius 3 is 3.20 bits per heavy atom. The van der Waals surface area contributed by atoms with E-state index in [2.05, 4.69) is 31.8 Å². The van der Waals surface area contributed by atoms with Crippen LogP contribution in [0.1, 0.15) is 42.7 Å². The molecule has 0 saturated heterocycles. The summed E-state index contributed by atoms with van der Waals surface area (Å²) < 4.78 is 0. The fourth-order valence-electron chi connectivity index (χ4n) is 2.63. The van der Waals surface area contributed by atoms with Crippen LogP contribution in [0.25, 0.3) is 0 Å². The smallest absolute Gasteiger partial charge is 0.151 e. The summed E-state index contributed by atoms with van der Waals surface area (Å²) in [6.45, 7) is 4.91. The minimum atomic E-state index is 0.617. The molecule has 0 saturated carbocycles. The number of imidazole rings is 2. The number of nitrogens with one attached hydrogen (secondary N) is 2. The first kappa shape index (κ1) is 13.6. The number of aromatic nitrogens is 4. The van der Waals surface area contributed by atoms with Crippen molar-refractivity contribution in [3.8, 4) is 0 Å². The molecular weight excluding hydrogens is 274 g/mol. The fraction of sp³-hybridized carbons (Fsp3) is 0.571. The quantitative estimate of drug-likeness (QED) is 0.891. The molecule has 0 bridgehead atoms. The molecule has 0 radical (unpaired) electrons. The Hall–Kier alpha value is -1.33. The van der Waals surface area contributed by atoms with E-state index in [1.165, 1.54) is 17.8 Å². The predicted octanol–water partition coefficient (Wildman–Crippen LogP) is 2.69. The van der Waals surface area contributed by atoms with E-state index in [0.29, 0.717) is 5.15 Å². The summed E-state index contributed by atoms with van der Waals surface area (Å²) in [6, 6.07) is 0. The standard InChI is InChI=1S/C14H20ClN5/c1-2-3-4-13-18-12(14(15)19-13)8-20-6-5-10-11(7-20)17-9-16-10/h9H,2-8H2,1H3,(H,16,17)(H,18,19). The van der Waals surface area contributed by atoms with Crippen LogP contribution in [0.2, 0.25) is 5.15 Å². The minimum Gasteiger partial charge on any atom is -0.347 e. The maximum Gasteiger partial charge on any atom is 0.151 e. The zero-order chi connectivity index (χ0) is 13.9. The second-order valence-electron chi connectivity index (χ2n) is 5.34. The number of nitrogens with zero attached hydrogens (tertiary/aromatic N) is 3. The first-order chi connectivity index (χ1) is 9.76. The van der Waals surface area contributed by atoms with Gasteiger partial charge in [0, 0.05) is 32.5 Å². The van der Waals surface area contributed by atoms with Gasteiger partial charge in [0.1, 0.15) is 5.82 Å². The SMILES string of the molecule is CCCCc1nc(Cl)c(CN2CCc3nc[nH]c3C2)[nH]1. The van der Waals surface area contributed by atoms with Gasteiger partial charge in [-0.25, -0.2) is 9.97 Å². The molecule has 20 heavy (non-hydrogen) atoms. The van der Waals surface area contributed by atoms with Crippen molar-refractivity contribution in [1.29, 1.82) is 0 Å². The Morgan fingerprint density at radius 1 is 1.45 bits per heavy atom. The summed E-state index contributed by atoms with van der Waals surface area (Å²) in [6.07, 6.45) is 6.06. The van der Waals surface area contributed by atoms with Crippen LogP contribution in [-0.4, -0.2) is 31.4 Å². The van der Waals surface area contributed by atoms with Crippen LogP contribution < -0.4 is 0 Å². The van der Waals surface area contributed by atoms with E-state index in [4.69, 9.17) is 11.6 Å².